The van der Waals surface area contributed by atoms with E-state index in [0.29, 0.717) is 25.7 Å². The number of unbranched alkanes of at least 4 members (excludes halogenated alkanes) is 44. The zero-order valence-electron chi connectivity index (χ0n) is 61.3. The number of ether oxygens (including phenoxy) is 6. The van der Waals surface area contributed by atoms with E-state index in [-0.39, 0.29) is 52.1 Å². The normalized spacial score (nSPS) is 12.4. The minimum atomic E-state index is -1.13. The zero-order chi connectivity index (χ0) is 68.4. The lowest BCUT2D eigenvalue weighted by molar-refractivity contribution is -0.164. The number of carbonyl (C=O) groups excluding carboxylic acids is 6. The van der Waals surface area contributed by atoms with Gasteiger partial charge in [-0.1, -0.05) is 282 Å². The lowest BCUT2D eigenvalue weighted by Crippen LogP contribution is -2.31. The van der Waals surface area contributed by atoms with Gasteiger partial charge < -0.3 is 28.4 Å². The van der Waals surface area contributed by atoms with Crippen molar-refractivity contribution >= 4 is 35.8 Å². The highest BCUT2D eigenvalue weighted by molar-refractivity contribution is 5.91. The Morgan fingerprint density at radius 3 is 0.564 bits per heavy atom. The number of carbonyl (C=O) groups is 6. The molecule has 0 amide bonds. The Bertz CT molecular complexity index is 1640. The third-order valence-corrected chi connectivity index (χ3v) is 17.2. The summed E-state index contributed by atoms with van der Waals surface area (Å²) >= 11 is 0. The summed E-state index contributed by atoms with van der Waals surface area (Å²) < 4.78 is 33.4. The first-order valence-corrected chi connectivity index (χ1v) is 39.5. The molecule has 0 aliphatic rings. The van der Waals surface area contributed by atoms with Gasteiger partial charge in [0.1, 0.15) is 26.4 Å². The van der Waals surface area contributed by atoms with Crippen molar-refractivity contribution in [2.45, 2.75) is 399 Å². The fourth-order valence-corrected chi connectivity index (χ4v) is 11.2. The summed E-state index contributed by atoms with van der Waals surface area (Å²) in [6.45, 7) is 7.66. The van der Waals surface area contributed by atoms with Crippen molar-refractivity contribution in [1.29, 1.82) is 0 Å². The van der Waals surface area contributed by atoms with Crippen molar-refractivity contribution in [3.63, 3.8) is 0 Å². The number of allylic oxidation sites excluding steroid dienone is 8. The van der Waals surface area contributed by atoms with Gasteiger partial charge in [0, 0.05) is 37.8 Å². The van der Waals surface area contributed by atoms with Crippen LogP contribution in [0.2, 0.25) is 0 Å². The number of hydrogen-bond acceptors (Lipinski definition) is 12. The first kappa shape index (κ1) is 89.5. The van der Waals surface area contributed by atoms with Crippen LogP contribution in [0, 0.1) is 0 Å². The molecule has 0 bridgehead atoms. The molecule has 0 radical (unpaired) electrons. The summed E-state index contributed by atoms with van der Waals surface area (Å²) in [7, 11) is 0. The summed E-state index contributed by atoms with van der Waals surface area (Å²) in [5.74, 6) is -3.65. The van der Waals surface area contributed by atoms with E-state index in [2.05, 4.69) is 76.3 Å². The smallest absolute Gasteiger partial charge is 0.331 e. The van der Waals surface area contributed by atoms with E-state index in [1.165, 1.54) is 154 Å². The van der Waals surface area contributed by atoms with Gasteiger partial charge in [0.15, 0.2) is 12.2 Å². The third-order valence-electron chi connectivity index (χ3n) is 17.2. The quantitative estimate of drug-likeness (QED) is 0.0187. The largest absolute Gasteiger partial charge is 0.462 e. The second kappa shape index (κ2) is 74.3. The van der Waals surface area contributed by atoms with Gasteiger partial charge in [0.25, 0.3) is 0 Å². The van der Waals surface area contributed by atoms with E-state index in [1.54, 1.807) is 0 Å². The van der Waals surface area contributed by atoms with Crippen LogP contribution >= 0.6 is 0 Å². The Balaban J connectivity index is 5.41. The molecule has 0 atom stereocenters. The number of esters is 6. The maximum Gasteiger partial charge on any atom is 0.331 e. The molecule has 0 aromatic heterocycles. The van der Waals surface area contributed by atoms with Gasteiger partial charge in [-0.15, -0.1) is 0 Å². The average molecular weight is 1320 g/mol. The van der Waals surface area contributed by atoms with E-state index in [4.69, 9.17) is 28.4 Å². The fourth-order valence-electron chi connectivity index (χ4n) is 11.2. The van der Waals surface area contributed by atoms with Gasteiger partial charge in [-0.25, -0.2) is 9.59 Å². The molecule has 0 saturated heterocycles. The minimum absolute atomic E-state index is 0.209. The van der Waals surface area contributed by atoms with E-state index in [1.807, 2.05) is 0 Å². The molecular weight excluding hydrogens is 1180 g/mol. The van der Waals surface area contributed by atoms with Gasteiger partial charge in [0.05, 0.1) is 0 Å². The van der Waals surface area contributed by atoms with Crippen molar-refractivity contribution in [1.82, 2.24) is 0 Å². The number of hydrogen-bond donors (Lipinski definition) is 0. The molecule has 0 aliphatic carbocycles. The third kappa shape index (κ3) is 70.3. The summed E-state index contributed by atoms with van der Waals surface area (Å²) in [6, 6.07) is 0. The van der Waals surface area contributed by atoms with Crippen LogP contribution in [0.15, 0.2) is 60.8 Å². The maximum absolute atomic E-state index is 13.2. The van der Waals surface area contributed by atoms with Gasteiger partial charge >= 0.3 is 35.8 Å². The van der Waals surface area contributed by atoms with Gasteiger partial charge in [-0.2, -0.15) is 0 Å². The SMILES string of the molecule is CCCCCCCCC=CCCCCCCCC(=O)OCC(COC(=O)CCCCCCCC=CCCCCCCCC)OC(=O)C=CC(=O)OC(COC(=O)CCCCCCCC=CCCCCCCCC)COC(=O)CCCCCCCC=CCCCCCCCC. The lowest BCUT2D eigenvalue weighted by atomic mass is 10.1. The summed E-state index contributed by atoms with van der Waals surface area (Å²) in [5.41, 5.74) is 0. The zero-order valence-corrected chi connectivity index (χ0v) is 61.3. The van der Waals surface area contributed by atoms with Crippen LogP contribution in [-0.2, 0) is 57.2 Å². The molecule has 0 rings (SSSR count). The van der Waals surface area contributed by atoms with Crippen LogP contribution in [0.1, 0.15) is 387 Å². The van der Waals surface area contributed by atoms with E-state index >= 15 is 0 Å². The van der Waals surface area contributed by atoms with Gasteiger partial charge in [-0.05, 0) is 128 Å². The van der Waals surface area contributed by atoms with Crippen molar-refractivity contribution in [3.05, 3.63) is 60.8 Å². The summed E-state index contributed by atoms with van der Waals surface area (Å²) in [6.07, 6.45) is 78.3. The fraction of sp³-hybridized carbons (Fsp3) is 0.805. The number of rotatable bonds is 72. The van der Waals surface area contributed by atoms with Crippen LogP contribution < -0.4 is 0 Å². The highest BCUT2D eigenvalue weighted by Crippen LogP contribution is 2.17. The van der Waals surface area contributed by atoms with E-state index < -0.39 is 48.0 Å². The monoisotopic (exact) mass is 1320 g/mol. The van der Waals surface area contributed by atoms with Crippen LogP contribution in [0.3, 0.4) is 0 Å². The molecule has 0 N–H and O–H groups in total. The predicted molar refractivity (Wildman–Crippen MR) is 391 cm³/mol. The van der Waals surface area contributed by atoms with E-state index in [9.17, 15) is 28.8 Å². The molecule has 544 valence electrons. The first-order valence-electron chi connectivity index (χ1n) is 39.5. The Morgan fingerprint density at radius 2 is 0.383 bits per heavy atom. The highest BCUT2D eigenvalue weighted by Gasteiger charge is 2.22. The van der Waals surface area contributed by atoms with Crippen molar-refractivity contribution < 1.29 is 57.2 Å². The minimum Gasteiger partial charge on any atom is -0.462 e. The molecule has 0 saturated carbocycles. The predicted octanol–water partition coefficient (Wildman–Crippen LogP) is 23.7. The van der Waals surface area contributed by atoms with Crippen LogP contribution in [-0.4, -0.2) is 74.5 Å². The Labute approximate surface area is 577 Å². The maximum atomic E-state index is 13.2. The molecule has 0 aromatic rings. The molecule has 0 heterocycles. The van der Waals surface area contributed by atoms with Crippen molar-refractivity contribution in [3.8, 4) is 0 Å². The first-order chi connectivity index (χ1) is 46.1. The van der Waals surface area contributed by atoms with Crippen molar-refractivity contribution in [2.75, 3.05) is 26.4 Å². The van der Waals surface area contributed by atoms with Crippen LogP contribution in [0.5, 0.6) is 0 Å². The standard InChI is InChI=1S/C82H144O12/c1-5-9-13-17-21-25-29-33-37-41-45-49-53-57-61-65-77(83)89-71-75(72-90-78(84)66-62-58-54-50-46-42-38-34-30-26-22-18-14-10-6-2)93-81(87)69-70-82(88)94-76(73-91-79(85)67-63-59-55-51-47-43-39-35-31-27-23-19-15-11-7-3)74-92-80(86)68-64-60-56-52-48-44-40-36-32-28-24-20-16-12-8-4/h33-40,69-70,75-76H,5-32,41-68,71-74H2,1-4H3. The molecule has 0 fully saturated rings. The molecule has 0 spiro atoms. The van der Waals surface area contributed by atoms with E-state index in [0.717, 1.165) is 166 Å². The Kier molecular flexibility index (Phi) is 70.8. The van der Waals surface area contributed by atoms with Gasteiger partial charge in [-0.3, -0.25) is 19.2 Å². The molecule has 12 heteroatoms. The molecular formula is C82H144O12. The lowest BCUT2D eigenvalue weighted by Gasteiger charge is -2.18. The Morgan fingerprint density at radius 1 is 0.223 bits per heavy atom. The molecule has 94 heavy (non-hydrogen) atoms. The van der Waals surface area contributed by atoms with Gasteiger partial charge in [0.2, 0.25) is 0 Å². The second-order valence-electron chi connectivity index (χ2n) is 26.5. The summed E-state index contributed by atoms with van der Waals surface area (Å²) in [4.78, 5) is 78.0. The molecule has 0 unspecified atom stereocenters. The summed E-state index contributed by atoms with van der Waals surface area (Å²) in [5, 5.41) is 0. The molecule has 0 aromatic carbocycles. The topological polar surface area (TPSA) is 158 Å². The molecule has 0 aliphatic heterocycles. The second-order valence-corrected chi connectivity index (χ2v) is 26.5. The average Bonchev–Trinajstić information content (AvgIpc) is 3.68. The van der Waals surface area contributed by atoms with Crippen LogP contribution in [0.25, 0.3) is 0 Å². The van der Waals surface area contributed by atoms with Crippen LogP contribution in [0.4, 0.5) is 0 Å². The molecule has 12 nitrogen and oxygen atoms in total. The van der Waals surface area contributed by atoms with Crippen molar-refractivity contribution in [2.24, 2.45) is 0 Å². The Hall–Kier alpha value is -4.48. The highest BCUT2D eigenvalue weighted by atomic mass is 16.6.